The number of para-hydroxylation sites is 2. The van der Waals surface area contributed by atoms with E-state index in [1.165, 1.54) is 6.20 Å². The SMILES string of the molecule is O=C(NNC(=O)c1cnn(-c2ccccc2)c1)c1ccc(COc2ccccc2)cc1. The number of hydrogen-bond acceptors (Lipinski definition) is 4. The molecule has 0 unspecified atom stereocenters. The largest absolute Gasteiger partial charge is 0.489 e. The average molecular weight is 412 g/mol. The highest BCUT2D eigenvalue weighted by Gasteiger charge is 2.12. The van der Waals surface area contributed by atoms with E-state index in [9.17, 15) is 9.59 Å². The van der Waals surface area contributed by atoms with Crippen molar-refractivity contribution in [1.82, 2.24) is 20.6 Å². The highest BCUT2D eigenvalue weighted by molar-refractivity contribution is 5.98. The van der Waals surface area contributed by atoms with Crippen LogP contribution in [0.25, 0.3) is 5.69 Å². The molecule has 154 valence electrons. The monoisotopic (exact) mass is 412 g/mol. The fourth-order valence-electron chi connectivity index (χ4n) is 2.86. The number of rotatable bonds is 6. The van der Waals surface area contributed by atoms with Gasteiger partial charge in [0.1, 0.15) is 12.4 Å². The van der Waals surface area contributed by atoms with Gasteiger partial charge in [0.15, 0.2) is 0 Å². The van der Waals surface area contributed by atoms with Crippen LogP contribution in [-0.2, 0) is 6.61 Å². The molecule has 3 aromatic carbocycles. The Morgan fingerprint density at radius 3 is 2.06 bits per heavy atom. The van der Waals surface area contributed by atoms with Gasteiger partial charge in [-0.15, -0.1) is 0 Å². The Kier molecular flexibility index (Phi) is 6.04. The zero-order valence-corrected chi connectivity index (χ0v) is 16.6. The highest BCUT2D eigenvalue weighted by atomic mass is 16.5. The van der Waals surface area contributed by atoms with E-state index >= 15 is 0 Å². The second-order valence-corrected chi connectivity index (χ2v) is 6.72. The van der Waals surface area contributed by atoms with Crippen LogP contribution in [0.1, 0.15) is 26.3 Å². The zero-order chi connectivity index (χ0) is 21.5. The zero-order valence-electron chi connectivity index (χ0n) is 16.6. The number of hydrogen-bond donors (Lipinski definition) is 2. The van der Waals surface area contributed by atoms with Crippen LogP contribution in [0.2, 0.25) is 0 Å². The van der Waals surface area contributed by atoms with Crippen molar-refractivity contribution >= 4 is 11.8 Å². The summed E-state index contributed by atoms with van der Waals surface area (Å²) < 4.78 is 7.28. The number of hydrazine groups is 1. The molecule has 7 nitrogen and oxygen atoms in total. The summed E-state index contributed by atoms with van der Waals surface area (Å²) in [5.41, 5.74) is 7.34. The van der Waals surface area contributed by atoms with Crippen LogP contribution < -0.4 is 15.6 Å². The third-order valence-electron chi connectivity index (χ3n) is 4.52. The van der Waals surface area contributed by atoms with Crippen molar-refractivity contribution < 1.29 is 14.3 Å². The molecule has 2 amide bonds. The van der Waals surface area contributed by atoms with Gasteiger partial charge in [0.05, 0.1) is 17.4 Å². The van der Waals surface area contributed by atoms with Crippen LogP contribution in [0.4, 0.5) is 0 Å². The van der Waals surface area contributed by atoms with Gasteiger partial charge < -0.3 is 4.74 Å². The van der Waals surface area contributed by atoms with Gasteiger partial charge in [-0.25, -0.2) is 4.68 Å². The summed E-state index contributed by atoms with van der Waals surface area (Å²) in [6, 6.07) is 25.9. The highest BCUT2D eigenvalue weighted by Crippen LogP contribution is 2.12. The summed E-state index contributed by atoms with van der Waals surface area (Å²) in [5.74, 6) is -0.0923. The van der Waals surface area contributed by atoms with Crippen molar-refractivity contribution in [2.24, 2.45) is 0 Å². The smallest absolute Gasteiger partial charge is 0.272 e. The van der Waals surface area contributed by atoms with Crippen LogP contribution in [0, 0.1) is 0 Å². The molecule has 31 heavy (non-hydrogen) atoms. The Balaban J connectivity index is 1.29. The van der Waals surface area contributed by atoms with Crippen molar-refractivity contribution in [3.8, 4) is 11.4 Å². The molecule has 0 radical (unpaired) electrons. The molecule has 1 aromatic heterocycles. The van der Waals surface area contributed by atoms with E-state index in [4.69, 9.17) is 4.74 Å². The first-order valence-corrected chi connectivity index (χ1v) is 9.66. The summed E-state index contributed by atoms with van der Waals surface area (Å²) in [6.45, 7) is 0.397. The van der Waals surface area contributed by atoms with Crippen LogP contribution in [-0.4, -0.2) is 21.6 Å². The van der Waals surface area contributed by atoms with Gasteiger partial charge >= 0.3 is 0 Å². The molecule has 0 atom stereocenters. The van der Waals surface area contributed by atoms with Crippen molar-refractivity contribution in [2.45, 2.75) is 6.61 Å². The number of benzene rings is 3. The maximum Gasteiger partial charge on any atom is 0.272 e. The average Bonchev–Trinajstić information content (AvgIpc) is 3.33. The molecule has 0 saturated heterocycles. The first-order valence-electron chi connectivity index (χ1n) is 9.66. The molecule has 7 heteroatoms. The lowest BCUT2D eigenvalue weighted by atomic mass is 10.1. The minimum Gasteiger partial charge on any atom is -0.489 e. The van der Waals surface area contributed by atoms with Gasteiger partial charge in [0.25, 0.3) is 11.8 Å². The number of nitrogens with one attached hydrogen (secondary N) is 2. The normalized spacial score (nSPS) is 10.3. The van der Waals surface area contributed by atoms with Gasteiger partial charge in [-0.1, -0.05) is 48.5 Å². The number of amides is 2. The lowest BCUT2D eigenvalue weighted by Gasteiger charge is -2.08. The maximum atomic E-state index is 12.3. The Bertz CT molecular complexity index is 1160. The minimum absolute atomic E-state index is 0.331. The molecular weight excluding hydrogens is 392 g/mol. The number of nitrogens with zero attached hydrogens (tertiary/aromatic N) is 2. The number of carbonyl (C=O) groups excluding carboxylic acids is 2. The molecule has 2 N–H and O–H groups in total. The Labute approximate surface area is 179 Å². The third kappa shape index (κ3) is 5.16. The van der Waals surface area contributed by atoms with Crippen molar-refractivity contribution in [2.75, 3.05) is 0 Å². The molecule has 0 aliphatic carbocycles. The Morgan fingerprint density at radius 1 is 0.774 bits per heavy atom. The molecule has 0 saturated carbocycles. The number of aromatic nitrogens is 2. The van der Waals surface area contributed by atoms with E-state index < -0.39 is 11.8 Å². The number of ether oxygens (including phenoxy) is 1. The van der Waals surface area contributed by atoms with Gasteiger partial charge in [0, 0.05) is 11.8 Å². The maximum absolute atomic E-state index is 12.3. The standard InChI is InChI=1S/C24H20N4O3/c29-23(19-13-11-18(12-14-19)17-31-22-9-5-2-6-10-22)26-27-24(30)20-15-25-28(16-20)21-7-3-1-4-8-21/h1-16H,17H2,(H,26,29)(H,27,30). The van der Waals surface area contributed by atoms with Gasteiger partial charge in [-0.2, -0.15) is 5.10 Å². The topological polar surface area (TPSA) is 85.3 Å². The molecular formula is C24H20N4O3. The van der Waals surface area contributed by atoms with E-state index in [-0.39, 0.29) is 0 Å². The summed E-state index contributed by atoms with van der Waals surface area (Å²) in [5, 5.41) is 4.17. The first kappa shape index (κ1) is 19.9. The van der Waals surface area contributed by atoms with Crippen molar-refractivity contribution in [3.63, 3.8) is 0 Å². The second-order valence-electron chi connectivity index (χ2n) is 6.72. The summed E-state index contributed by atoms with van der Waals surface area (Å²) >= 11 is 0. The molecule has 0 bridgehead atoms. The summed E-state index contributed by atoms with van der Waals surface area (Å²) in [6.07, 6.45) is 3.04. The van der Waals surface area contributed by atoms with E-state index in [1.54, 1.807) is 23.0 Å². The van der Waals surface area contributed by atoms with Crippen LogP contribution in [0.3, 0.4) is 0 Å². The fourth-order valence-corrected chi connectivity index (χ4v) is 2.86. The van der Waals surface area contributed by atoms with E-state index in [0.29, 0.717) is 17.7 Å². The lowest BCUT2D eigenvalue weighted by molar-refractivity contribution is 0.0846. The van der Waals surface area contributed by atoms with Gasteiger partial charge in [0.2, 0.25) is 0 Å². The van der Waals surface area contributed by atoms with Gasteiger partial charge in [-0.3, -0.25) is 20.4 Å². The Hall–Kier alpha value is -4.39. The predicted octanol–water partition coefficient (Wildman–Crippen LogP) is 3.53. The van der Waals surface area contributed by atoms with Crippen LogP contribution in [0.5, 0.6) is 5.75 Å². The van der Waals surface area contributed by atoms with Gasteiger partial charge in [-0.05, 0) is 42.0 Å². The quantitative estimate of drug-likeness (QED) is 0.475. The number of carbonyl (C=O) groups is 2. The van der Waals surface area contributed by atoms with Crippen LogP contribution in [0.15, 0.2) is 97.3 Å². The summed E-state index contributed by atoms with van der Waals surface area (Å²) in [7, 11) is 0. The van der Waals surface area contributed by atoms with E-state index in [2.05, 4.69) is 16.0 Å². The molecule has 4 aromatic rings. The molecule has 0 fully saturated rings. The first-order chi connectivity index (χ1) is 15.2. The minimum atomic E-state index is -0.455. The Morgan fingerprint density at radius 2 is 1.39 bits per heavy atom. The second kappa shape index (κ2) is 9.41. The van der Waals surface area contributed by atoms with Crippen LogP contribution >= 0.6 is 0 Å². The molecule has 1 heterocycles. The third-order valence-corrected chi connectivity index (χ3v) is 4.52. The predicted molar refractivity (Wildman–Crippen MR) is 116 cm³/mol. The molecule has 4 rings (SSSR count). The van der Waals surface area contributed by atoms with Crippen molar-refractivity contribution in [3.05, 3.63) is 114 Å². The molecule has 0 aliphatic heterocycles. The molecule has 0 spiro atoms. The van der Waals surface area contributed by atoms with Crippen molar-refractivity contribution in [1.29, 1.82) is 0 Å². The lowest BCUT2D eigenvalue weighted by Crippen LogP contribution is -2.41. The molecule has 0 aliphatic rings. The summed E-state index contributed by atoms with van der Waals surface area (Å²) in [4.78, 5) is 24.6. The fraction of sp³-hybridized carbons (Fsp3) is 0.0417. The van der Waals surface area contributed by atoms with E-state index in [0.717, 1.165) is 17.0 Å². The van der Waals surface area contributed by atoms with E-state index in [1.807, 2.05) is 72.8 Å².